The first kappa shape index (κ1) is 27.6. The van der Waals surface area contributed by atoms with Gasteiger partial charge in [-0.25, -0.2) is 22.8 Å². The maximum absolute atomic E-state index is 13.9. The molecule has 7 nitrogen and oxygen atoms in total. The van der Waals surface area contributed by atoms with Gasteiger partial charge in [0.05, 0.1) is 6.61 Å². The van der Waals surface area contributed by atoms with E-state index in [9.17, 15) is 36.3 Å². The van der Waals surface area contributed by atoms with Gasteiger partial charge in [0, 0.05) is 23.9 Å². The smallest absolute Gasteiger partial charge is 0.352 e. The molecule has 1 aromatic heterocycles. The lowest BCUT2D eigenvalue weighted by Crippen LogP contribution is -2.30. The summed E-state index contributed by atoms with van der Waals surface area (Å²) in [5, 5.41) is 0.488. The fourth-order valence-electron chi connectivity index (χ4n) is 3.31. The Labute approximate surface area is 206 Å². The highest BCUT2D eigenvalue weighted by Gasteiger charge is 2.30. The largest absolute Gasteiger partial charge is 0.473 e. The van der Waals surface area contributed by atoms with E-state index in [1.165, 1.54) is 18.2 Å². The number of aryl methyl sites for hydroxylation is 2. The van der Waals surface area contributed by atoms with Gasteiger partial charge in [-0.3, -0.25) is 4.79 Å². The van der Waals surface area contributed by atoms with Crippen molar-refractivity contribution in [2.24, 2.45) is 0 Å². The second kappa shape index (κ2) is 11.4. The molecule has 37 heavy (non-hydrogen) atoms. The van der Waals surface area contributed by atoms with Crippen LogP contribution < -0.4 is 15.1 Å². The van der Waals surface area contributed by atoms with Crippen molar-refractivity contribution in [2.45, 2.75) is 46.1 Å². The Bertz CT molecular complexity index is 1390. The highest BCUT2D eigenvalue weighted by molar-refractivity contribution is 5.85. The molecule has 0 amide bonds. The molecule has 0 bridgehead atoms. The summed E-state index contributed by atoms with van der Waals surface area (Å²) >= 11 is 0. The van der Waals surface area contributed by atoms with Crippen LogP contribution in [0, 0.1) is 36.0 Å². The quantitative estimate of drug-likeness (QED) is 0.0958. The lowest BCUT2D eigenvalue weighted by molar-refractivity contribution is -0.143. The number of benzene rings is 2. The van der Waals surface area contributed by atoms with E-state index in [-0.39, 0.29) is 30.8 Å². The lowest BCUT2D eigenvalue weighted by Gasteiger charge is -2.17. The van der Waals surface area contributed by atoms with Crippen LogP contribution in [0.4, 0.5) is 22.0 Å². The predicted octanol–water partition coefficient (Wildman–Crippen LogP) is 5.06. The summed E-state index contributed by atoms with van der Waals surface area (Å²) in [7, 11) is 0. The fraction of sp³-hybridized carbons (Fsp3) is 0.320. The molecule has 0 N–H and O–H groups in total. The van der Waals surface area contributed by atoms with Crippen molar-refractivity contribution in [3.05, 3.63) is 68.8 Å². The molecule has 1 heterocycles. The third kappa shape index (κ3) is 6.07. The van der Waals surface area contributed by atoms with Crippen molar-refractivity contribution in [3.8, 4) is 11.5 Å². The Kier molecular flexibility index (Phi) is 8.51. The van der Waals surface area contributed by atoms with Gasteiger partial charge in [0.2, 0.25) is 29.1 Å². The highest BCUT2D eigenvalue weighted by atomic mass is 19.2. The minimum atomic E-state index is -2.38. The fourth-order valence-corrected chi connectivity index (χ4v) is 3.31. The van der Waals surface area contributed by atoms with Crippen molar-refractivity contribution >= 4 is 22.9 Å². The predicted molar refractivity (Wildman–Crippen MR) is 119 cm³/mol. The monoisotopic (exact) mass is 528 g/mol. The number of carbonyl (C=O) groups excluding carboxylic acids is 2. The van der Waals surface area contributed by atoms with E-state index in [0.29, 0.717) is 22.9 Å². The molecular weight excluding hydrogens is 507 g/mol. The first-order chi connectivity index (χ1) is 17.4. The molecule has 3 aromatic rings. The van der Waals surface area contributed by atoms with Crippen molar-refractivity contribution < 1.29 is 50.2 Å². The zero-order valence-electron chi connectivity index (χ0n) is 19.9. The molecule has 198 valence electrons. The summed E-state index contributed by atoms with van der Waals surface area (Å²) in [5.74, 6) is -15.0. The first-order valence-corrected chi connectivity index (χ1v) is 11.1. The van der Waals surface area contributed by atoms with E-state index in [1.807, 2.05) is 6.92 Å². The zero-order valence-corrected chi connectivity index (χ0v) is 19.9. The minimum Gasteiger partial charge on any atom is -0.473 e. The maximum atomic E-state index is 13.9. The Morgan fingerprint density at radius 1 is 0.973 bits per heavy atom. The Morgan fingerprint density at radius 3 is 2.22 bits per heavy atom. The first-order valence-electron chi connectivity index (χ1n) is 11.1. The molecule has 0 aliphatic heterocycles. The van der Waals surface area contributed by atoms with E-state index >= 15 is 0 Å². The summed E-state index contributed by atoms with van der Waals surface area (Å²) in [6.07, 6.45) is -1.28. The molecule has 2 aromatic carbocycles. The van der Waals surface area contributed by atoms with Crippen molar-refractivity contribution in [1.29, 1.82) is 0 Å². The second-order valence-electron chi connectivity index (χ2n) is 8.01. The van der Waals surface area contributed by atoms with Crippen LogP contribution in [-0.2, 0) is 20.7 Å². The lowest BCUT2D eigenvalue weighted by atomic mass is 10.0. The van der Waals surface area contributed by atoms with E-state index in [2.05, 4.69) is 0 Å². The molecule has 0 spiro atoms. The highest BCUT2D eigenvalue weighted by Crippen LogP contribution is 2.31. The average molecular weight is 528 g/mol. The van der Waals surface area contributed by atoms with Gasteiger partial charge >= 0.3 is 17.6 Å². The summed E-state index contributed by atoms with van der Waals surface area (Å²) in [6, 6.07) is 3.98. The summed E-state index contributed by atoms with van der Waals surface area (Å²) < 4.78 is 88.2. The summed E-state index contributed by atoms with van der Waals surface area (Å²) in [6.45, 7) is 4.65. The van der Waals surface area contributed by atoms with Gasteiger partial charge in [-0.2, -0.15) is 8.78 Å². The molecule has 0 saturated carbocycles. The Morgan fingerprint density at radius 2 is 1.59 bits per heavy atom. The van der Waals surface area contributed by atoms with Gasteiger partial charge < -0.3 is 18.6 Å². The molecule has 1 atom stereocenters. The normalized spacial score (nSPS) is 11.9. The zero-order chi connectivity index (χ0) is 27.4. The van der Waals surface area contributed by atoms with E-state index in [0.717, 1.165) is 6.92 Å². The van der Waals surface area contributed by atoms with Gasteiger partial charge in [0.25, 0.3) is 0 Å². The SMILES string of the molecule is CCCOC(=O)CCc1cc2c(C)cc(=O)oc2cc1OC(=O)C(C)Oc1c(F)c(F)c(F)c(F)c1F. The molecule has 1 unspecified atom stereocenters. The van der Waals surface area contributed by atoms with Crippen molar-refractivity contribution in [1.82, 2.24) is 0 Å². The van der Waals surface area contributed by atoms with Crippen LogP contribution in [0.2, 0.25) is 0 Å². The second-order valence-corrected chi connectivity index (χ2v) is 8.01. The molecule has 0 radical (unpaired) electrons. The minimum absolute atomic E-state index is 0.0343. The maximum Gasteiger partial charge on any atom is 0.352 e. The van der Waals surface area contributed by atoms with Crippen LogP contribution in [0.15, 0.2) is 27.4 Å². The summed E-state index contributed by atoms with van der Waals surface area (Å²) in [4.78, 5) is 36.4. The Hall–Kier alpha value is -3.96. The van der Waals surface area contributed by atoms with Crippen LogP contribution in [0.5, 0.6) is 11.5 Å². The standard InChI is InChI=1S/C25H21F5O7/c1-4-7-34-17(31)6-5-13-9-14-11(2)8-18(32)36-16(14)10-15(13)37-25(33)12(3)35-24-22(29)20(27)19(26)21(28)23(24)30/h8-10,12H,4-7H2,1-3H3. The van der Waals surface area contributed by atoms with E-state index < -0.39 is 58.5 Å². The van der Waals surface area contributed by atoms with E-state index in [4.69, 9.17) is 18.6 Å². The van der Waals surface area contributed by atoms with Crippen LogP contribution in [0.3, 0.4) is 0 Å². The molecule has 0 fully saturated rings. The number of carbonyl (C=O) groups is 2. The van der Waals surface area contributed by atoms with Gasteiger partial charge in [-0.05, 0) is 43.9 Å². The molecule has 0 aliphatic rings. The number of esters is 2. The Balaban J connectivity index is 1.91. The number of ether oxygens (including phenoxy) is 3. The molecular formula is C25H21F5O7. The summed E-state index contributed by atoms with van der Waals surface area (Å²) in [5.41, 5.74) is 0.219. The molecule has 3 rings (SSSR count). The van der Waals surface area contributed by atoms with Crippen LogP contribution in [-0.4, -0.2) is 24.6 Å². The number of hydrogen-bond acceptors (Lipinski definition) is 7. The van der Waals surface area contributed by atoms with Gasteiger partial charge in [0.1, 0.15) is 11.3 Å². The average Bonchev–Trinajstić information content (AvgIpc) is 2.86. The van der Waals surface area contributed by atoms with E-state index in [1.54, 1.807) is 6.92 Å². The van der Waals surface area contributed by atoms with Crippen LogP contribution >= 0.6 is 0 Å². The number of fused-ring (bicyclic) bond motifs is 1. The third-order valence-electron chi connectivity index (χ3n) is 5.20. The molecule has 0 saturated heterocycles. The number of hydrogen-bond donors (Lipinski definition) is 0. The van der Waals surface area contributed by atoms with Crippen molar-refractivity contribution in [2.75, 3.05) is 6.61 Å². The van der Waals surface area contributed by atoms with Gasteiger partial charge in [0.15, 0.2) is 11.9 Å². The number of halogens is 5. The third-order valence-corrected chi connectivity index (χ3v) is 5.20. The van der Waals surface area contributed by atoms with Crippen molar-refractivity contribution in [3.63, 3.8) is 0 Å². The van der Waals surface area contributed by atoms with Gasteiger partial charge in [-0.1, -0.05) is 6.92 Å². The topological polar surface area (TPSA) is 92.0 Å². The van der Waals surface area contributed by atoms with Crippen LogP contribution in [0.1, 0.15) is 37.8 Å². The van der Waals surface area contributed by atoms with Gasteiger partial charge in [-0.15, -0.1) is 0 Å². The van der Waals surface area contributed by atoms with Crippen LogP contribution in [0.25, 0.3) is 11.0 Å². The number of rotatable bonds is 9. The molecule has 0 aliphatic carbocycles. The molecule has 12 heteroatoms.